The van der Waals surface area contributed by atoms with Crippen LogP contribution < -0.4 is 10.6 Å². The maximum Gasteiger partial charge on any atom is 0.191 e. The Hall–Kier alpha value is -1.35. The first-order chi connectivity index (χ1) is 12.6. The molecule has 0 amide bonds. The molecule has 1 aromatic heterocycles. The Kier molecular flexibility index (Phi) is 11.3. The van der Waals surface area contributed by atoms with Crippen LogP contribution in [0.25, 0.3) is 0 Å². The van der Waals surface area contributed by atoms with Crippen molar-refractivity contribution in [1.82, 2.24) is 25.4 Å². The molecule has 1 aromatic carbocycles. The number of aliphatic imine (C=N–C) groups is 1. The lowest BCUT2D eigenvalue weighted by Crippen LogP contribution is -2.43. The molecule has 1 unspecified atom stereocenters. The van der Waals surface area contributed by atoms with Gasteiger partial charge in [0.15, 0.2) is 5.96 Å². The quantitative estimate of drug-likeness (QED) is 0.311. The summed E-state index contributed by atoms with van der Waals surface area (Å²) in [7, 11) is 0. The highest BCUT2D eigenvalue weighted by Crippen LogP contribution is 2.09. The Balaban J connectivity index is 0.00000364. The van der Waals surface area contributed by atoms with Gasteiger partial charge in [0.1, 0.15) is 12.2 Å². The number of halogens is 2. The molecule has 0 aliphatic rings. The van der Waals surface area contributed by atoms with Gasteiger partial charge in [-0.1, -0.05) is 37.6 Å². The third-order valence-corrected chi connectivity index (χ3v) is 4.49. The molecule has 8 heteroatoms. The van der Waals surface area contributed by atoms with Crippen molar-refractivity contribution in [2.75, 3.05) is 13.1 Å². The van der Waals surface area contributed by atoms with Crippen molar-refractivity contribution >= 4 is 41.5 Å². The lowest BCUT2D eigenvalue weighted by Gasteiger charge is -2.17. The summed E-state index contributed by atoms with van der Waals surface area (Å²) in [6.07, 6.45) is 4.59. The summed E-state index contributed by atoms with van der Waals surface area (Å²) in [5.41, 5.74) is 1.23. The summed E-state index contributed by atoms with van der Waals surface area (Å²) >= 11 is 5.93. The fourth-order valence-electron chi connectivity index (χ4n) is 2.47. The van der Waals surface area contributed by atoms with Crippen LogP contribution >= 0.6 is 35.6 Å². The van der Waals surface area contributed by atoms with Gasteiger partial charge in [-0.3, -0.25) is 4.99 Å². The van der Waals surface area contributed by atoms with Crippen molar-refractivity contribution in [2.24, 2.45) is 4.99 Å². The zero-order chi connectivity index (χ0) is 18.8. The number of hydrogen-bond acceptors (Lipinski definition) is 3. The SMILES string of the molecule is CCc1nncn1CCNC(=NCCc1ccc(Cl)cc1)NC(C)CC.I. The van der Waals surface area contributed by atoms with E-state index in [2.05, 4.69) is 46.2 Å². The molecule has 0 saturated heterocycles. The average molecular weight is 505 g/mol. The Morgan fingerprint density at radius 2 is 2.00 bits per heavy atom. The van der Waals surface area contributed by atoms with Gasteiger partial charge >= 0.3 is 0 Å². The molecule has 0 radical (unpaired) electrons. The van der Waals surface area contributed by atoms with E-state index in [0.29, 0.717) is 6.04 Å². The second-order valence-corrected chi connectivity index (χ2v) is 6.72. The van der Waals surface area contributed by atoms with Crippen LogP contribution in [0.2, 0.25) is 5.02 Å². The minimum atomic E-state index is 0. The van der Waals surface area contributed by atoms with E-state index in [1.807, 2.05) is 24.3 Å². The molecular weight excluding hydrogens is 475 g/mol. The second kappa shape index (κ2) is 12.9. The summed E-state index contributed by atoms with van der Waals surface area (Å²) in [6.45, 7) is 8.71. The molecule has 2 aromatic rings. The highest BCUT2D eigenvalue weighted by molar-refractivity contribution is 14.0. The minimum Gasteiger partial charge on any atom is -0.355 e. The number of benzene rings is 1. The van der Waals surface area contributed by atoms with E-state index in [0.717, 1.165) is 55.7 Å². The monoisotopic (exact) mass is 504 g/mol. The van der Waals surface area contributed by atoms with Crippen molar-refractivity contribution in [1.29, 1.82) is 0 Å². The van der Waals surface area contributed by atoms with Crippen LogP contribution in [0, 0.1) is 0 Å². The normalized spacial score (nSPS) is 12.4. The van der Waals surface area contributed by atoms with Crippen molar-refractivity contribution in [2.45, 2.75) is 52.6 Å². The van der Waals surface area contributed by atoms with Gasteiger partial charge in [0.25, 0.3) is 0 Å². The van der Waals surface area contributed by atoms with Crippen LogP contribution in [0.1, 0.15) is 38.6 Å². The van der Waals surface area contributed by atoms with Crippen LogP contribution in [0.5, 0.6) is 0 Å². The van der Waals surface area contributed by atoms with E-state index in [1.54, 1.807) is 6.33 Å². The fraction of sp³-hybridized carbons (Fsp3) is 0.526. The van der Waals surface area contributed by atoms with Crippen molar-refractivity contribution < 1.29 is 0 Å². The van der Waals surface area contributed by atoms with Gasteiger partial charge in [0.05, 0.1) is 0 Å². The van der Waals surface area contributed by atoms with Crippen LogP contribution in [-0.2, 0) is 19.4 Å². The predicted molar refractivity (Wildman–Crippen MR) is 123 cm³/mol. The van der Waals surface area contributed by atoms with Gasteiger partial charge in [-0.25, -0.2) is 0 Å². The molecule has 0 saturated carbocycles. The topological polar surface area (TPSA) is 67.1 Å². The second-order valence-electron chi connectivity index (χ2n) is 6.28. The zero-order valence-corrected chi connectivity index (χ0v) is 19.4. The highest BCUT2D eigenvalue weighted by Gasteiger charge is 2.05. The first-order valence-electron chi connectivity index (χ1n) is 9.28. The van der Waals surface area contributed by atoms with Gasteiger partial charge in [0.2, 0.25) is 0 Å². The number of aromatic nitrogens is 3. The van der Waals surface area contributed by atoms with Crippen molar-refractivity contribution in [3.05, 3.63) is 47.0 Å². The number of aryl methyl sites for hydroxylation is 1. The molecular formula is C19H30ClIN6. The van der Waals surface area contributed by atoms with Crippen LogP contribution in [-0.4, -0.2) is 39.9 Å². The van der Waals surface area contributed by atoms with Gasteiger partial charge in [0, 0.05) is 37.1 Å². The Morgan fingerprint density at radius 3 is 2.67 bits per heavy atom. The van der Waals surface area contributed by atoms with E-state index in [4.69, 9.17) is 16.6 Å². The number of nitrogens with one attached hydrogen (secondary N) is 2. The molecule has 0 aliphatic carbocycles. The first kappa shape index (κ1) is 23.7. The summed E-state index contributed by atoms with van der Waals surface area (Å²) in [6, 6.07) is 8.30. The van der Waals surface area contributed by atoms with Gasteiger partial charge in [-0.15, -0.1) is 34.2 Å². The number of guanidine groups is 1. The molecule has 0 fully saturated rings. The highest BCUT2D eigenvalue weighted by atomic mass is 127. The Morgan fingerprint density at radius 1 is 1.26 bits per heavy atom. The van der Waals surface area contributed by atoms with Gasteiger partial charge < -0.3 is 15.2 Å². The van der Waals surface area contributed by atoms with E-state index in [-0.39, 0.29) is 24.0 Å². The molecule has 27 heavy (non-hydrogen) atoms. The molecule has 150 valence electrons. The summed E-state index contributed by atoms with van der Waals surface area (Å²) in [4.78, 5) is 4.71. The molecule has 0 bridgehead atoms. The third-order valence-electron chi connectivity index (χ3n) is 4.24. The largest absolute Gasteiger partial charge is 0.355 e. The molecule has 1 heterocycles. The van der Waals surface area contributed by atoms with E-state index in [1.165, 1.54) is 5.56 Å². The third kappa shape index (κ3) is 8.47. The number of hydrogen-bond donors (Lipinski definition) is 2. The van der Waals surface area contributed by atoms with Gasteiger partial charge in [-0.2, -0.15) is 0 Å². The maximum absolute atomic E-state index is 5.93. The van der Waals surface area contributed by atoms with Crippen LogP contribution in [0.15, 0.2) is 35.6 Å². The average Bonchev–Trinajstić information content (AvgIpc) is 3.10. The molecule has 6 nitrogen and oxygen atoms in total. The lowest BCUT2D eigenvalue weighted by atomic mass is 10.1. The summed E-state index contributed by atoms with van der Waals surface area (Å²) in [5.74, 6) is 1.85. The minimum absolute atomic E-state index is 0. The van der Waals surface area contributed by atoms with Crippen LogP contribution in [0.4, 0.5) is 0 Å². The maximum atomic E-state index is 5.93. The number of rotatable bonds is 9. The Bertz CT molecular complexity index is 686. The molecule has 2 N–H and O–H groups in total. The fourth-order valence-corrected chi connectivity index (χ4v) is 2.60. The smallest absolute Gasteiger partial charge is 0.191 e. The predicted octanol–water partition coefficient (Wildman–Crippen LogP) is 3.69. The van der Waals surface area contributed by atoms with E-state index in [9.17, 15) is 0 Å². The molecule has 0 aliphatic heterocycles. The Labute approximate surface area is 184 Å². The molecule has 1 atom stereocenters. The van der Waals surface area contributed by atoms with E-state index < -0.39 is 0 Å². The van der Waals surface area contributed by atoms with Crippen molar-refractivity contribution in [3.8, 4) is 0 Å². The van der Waals surface area contributed by atoms with Gasteiger partial charge in [-0.05, 0) is 37.5 Å². The van der Waals surface area contributed by atoms with Crippen molar-refractivity contribution in [3.63, 3.8) is 0 Å². The first-order valence-corrected chi connectivity index (χ1v) is 9.66. The standard InChI is InChI=1S/C19H29ClN6.HI/c1-4-15(3)24-19(21-11-10-16-6-8-17(20)9-7-16)22-12-13-26-14-23-25-18(26)5-2;/h6-9,14-15H,4-5,10-13H2,1-3H3,(H2,21,22,24);1H. The van der Waals surface area contributed by atoms with E-state index >= 15 is 0 Å². The number of nitrogens with zero attached hydrogens (tertiary/aromatic N) is 4. The zero-order valence-electron chi connectivity index (χ0n) is 16.3. The molecule has 0 spiro atoms. The summed E-state index contributed by atoms with van der Waals surface area (Å²) < 4.78 is 2.07. The lowest BCUT2D eigenvalue weighted by molar-refractivity contribution is 0.599. The molecule has 2 rings (SSSR count). The summed E-state index contributed by atoms with van der Waals surface area (Å²) in [5, 5.41) is 15.7. The van der Waals surface area contributed by atoms with Crippen LogP contribution in [0.3, 0.4) is 0 Å².